The summed E-state index contributed by atoms with van der Waals surface area (Å²) >= 11 is 6.91. The van der Waals surface area contributed by atoms with Crippen molar-refractivity contribution in [3.63, 3.8) is 0 Å². The lowest BCUT2D eigenvalue weighted by Crippen LogP contribution is -2.11. The van der Waals surface area contributed by atoms with Crippen LogP contribution in [0.25, 0.3) is 0 Å². The zero-order valence-electron chi connectivity index (χ0n) is 10.2. The average molecular weight is 380 g/mol. The highest BCUT2D eigenvalue weighted by Gasteiger charge is 2.17. The van der Waals surface area contributed by atoms with Gasteiger partial charge in [-0.05, 0) is 42.0 Å². The molecule has 0 spiro atoms. The van der Waals surface area contributed by atoms with E-state index in [0.717, 1.165) is 33.3 Å². The summed E-state index contributed by atoms with van der Waals surface area (Å²) in [6, 6.07) is 16.6. The SMILES string of the molecule is Brc1ccc(C2=NN(c3ccc(Br)cc3)CC2)cc1. The fourth-order valence-corrected chi connectivity index (χ4v) is 2.63. The number of benzene rings is 2. The Labute approximate surface area is 129 Å². The third-order valence-corrected chi connectivity index (χ3v) is 4.16. The number of anilines is 1. The maximum Gasteiger partial charge on any atom is 0.0700 e. The zero-order valence-corrected chi connectivity index (χ0v) is 13.4. The molecule has 1 heterocycles. The van der Waals surface area contributed by atoms with Crippen molar-refractivity contribution < 1.29 is 0 Å². The molecule has 0 saturated carbocycles. The lowest BCUT2D eigenvalue weighted by atomic mass is 10.1. The molecule has 96 valence electrons. The molecule has 1 aliphatic rings. The van der Waals surface area contributed by atoms with E-state index in [0.29, 0.717) is 0 Å². The normalized spacial score (nSPS) is 14.6. The summed E-state index contributed by atoms with van der Waals surface area (Å²) in [6.45, 7) is 0.938. The first kappa shape index (κ1) is 12.9. The van der Waals surface area contributed by atoms with Gasteiger partial charge in [0.25, 0.3) is 0 Å². The molecule has 0 radical (unpaired) electrons. The lowest BCUT2D eigenvalue weighted by Gasteiger charge is -2.13. The van der Waals surface area contributed by atoms with Gasteiger partial charge in [-0.15, -0.1) is 0 Å². The van der Waals surface area contributed by atoms with Crippen LogP contribution in [0.3, 0.4) is 0 Å². The van der Waals surface area contributed by atoms with Gasteiger partial charge in [-0.2, -0.15) is 5.10 Å². The Morgan fingerprint density at radius 1 is 0.842 bits per heavy atom. The van der Waals surface area contributed by atoms with E-state index in [9.17, 15) is 0 Å². The fourth-order valence-electron chi connectivity index (χ4n) is 2.10. The van der Waals surface area contributed by atoms with Gasteiger partial charge in [-0.3, -0.25) is 5.01 Å². The Bertz CT molecular complexity index is 603. The Morgan fingerprint density at radius 2 is 1.42 bits per heavy atom. The third kappa shape index (κ3) is 2.90. The number of halogens is 2. The van der Waals surface area contributed by atoms with Crippen LogP contribution in [0.5, 0.6) is 0 Å². The van der Waals surface area contributed by atoms with Gasteiger partial charge in [0, 0.05) is 21.9 Å². The summed E-state index contributed by atoms with van der Waals surface area (Å²) in [4.78, 5) is 0. The van der Waals surface area contributed by atoms with Crippen LogP contribution in [0.4, 0.5) is 5.69 Å². The second-order valence-electron chi connectivity index (χ2n) is 4.40. The van der Waals surface area contributed by atoms with Crippen LogP contribution >= 0.6 is 31.9 Å². The molecular formula is C15H12Br2N2. The molecular weight excluding hydrogens is 368 g/mol. The van der Waals surface area contributed by atoms with E-state index in [-0.39, 0.29) is 0 Å². The zero-order chi connectivity index (χ0) is 13.2. The van der Waals surface area contributed by atoms with Crippen molar-refractivity contribution in [2.45, 2.75) is 6.42 Å². The van der Waals surface area contributed by atoms with Gasteiger partial charge in [-0.25, -0.2) is 0 Å². The maximum atomic E-state index is 4.71. The van der Waals surface area contributed by atoms with Crippen LogP contribution in [0.15, 0.2) is 62.6 Å². The quantitative estimate of drug-likeness (QED) is 0.729. The molecule has 1 aliphatic heterocycles. The number of nitrogens with zero attached hydrogens (tertiary/aromatic N) is 2. The number of hydrogen-bond acceptors (Lipinski definition) is 2. The Kier molecular flexibility index (Phi) is 3.71. The van der Waals surface area contributed by atoms with E-state index >= 15 is 0 Å². The van der Waals surface area contributed by atoms with E-state index in [1.807, 2.05) is 12.1 Å². The van der Waals surface area contributed by atoms with Crippen LogP contribution in [-0.2, 0) is 0 Å². The first-order valence-electron chi connectivity index (χ1n) is 6.09. The van der Waals surface area contributed by atoms with Crippen LogP contribution in [0.1, 0.15) is 12.0 Å². The molecule has 3 rings (SSSR count). The second-order valence-corrected chi connectivity index (χ2v) is 6.23. The molecule has 2 aromatic carbocycles. The van der Waals surface area contributed by atoms with Gasteiger partial charge in [0.2, 0.25) is 0 Å². The average Bonchev–Trinajstić information content (AvgIpc) is 2.90. The molecule has 0 fully saturated rings. The summed E-state index contributed by atoms with van der Waals surface area (Å²) in [6.07, 6.45) is 0.984. The van der Waals surface area contributed by atoms with Crippen LogP contribution in [-0.4, -0.2) is 12.3 Å². The topological polar surface area (TPSA) is 15.6 Å². The Balaban J connectivity index is 1.84. The summed E-state index contributed by atoms with van der Waals surface area (Å²) < 4.78 is 2.19. The maximum absolute atomic E-state index is 4.71. The van der Waals surface area contributed by atoms with E-state index in [4.69, 9.17) is 5.10 Å². The smallest absolute Gasteiger partial charge is 0.0700 e. The van der Waals surface area contributed by atoms with Crippen molar-refractivity contribution in [1.29, 1.82) is 0 Å². The summed E-state index contributed by atoms with van der Waals surface area (Å²) in [5.74, 6) is 0. The van der Waals surface area contributed by atoms with Gasteiger partial charge in [-0.1, -0.05) is 44.0 Å². The number of rotatable bonds is 2. The van der Waals surface area contributed by atoms with Gasteiger partial charge in [0.1, 0.15) is 0 Å². The Morgan fingerprint density at radius 3 is 2.05 bits per heavy atom. The van der Waals surface area contributed by atoms with Crippen LogP contribution in [0.2, 0.25) is 0 Å². The minimum atomic E-state index is 0.938. The molecule has 0 atom stereocenters. The van der Waals surface area contributed by atoms with Crippen molar-refractivity contribution in [2.24, 2.45) is 5.10 Å². The monoisotopic (exact) mass is 378 g/mol. The minimum Gasteiger partial charge on any atom is -0.265 e. The number of hydrazone groups is 1. The van der Waals surface area contributed by atoms with Crippen molar-refractivity contribution in [3.05, 3.63) is 63.0 Å². The molecule has 0 aromatic heterocycles. The summed E-state index contributed by atoms with van der Waals surface area (Å²) in [5.41, 5.74) is 3.48. The highest BCUT2D eigenvalue weighted by atomic mass is 79.9. The standard InChI is InChI=1S/C15H12Br2N2/c16-12-3-1-11(2-4-12)15-9-10-19(18-15)14-7-5-13(17)6-8-14/h1-8H,9-10H2. The Hall–Kier alpha value is -1.13. The number of hydrogen-bond donors (Lipinski definition) is 0. The predicted molar refractivity (Wildman–Crippen MR) is 86.8 cm³/mol. The first-order valence-corrected chi connectivity index (χ1v) is 7.67. The van der Waals surface area contributed by atoms with Crippen molar-refractivity contribution >= 4 is 43.3 Å². The second kappa shape index (κ2) is 5.47. The van der Waals surface area contributed by atoms with Crippen LogP contribution < -0.4 is 5.01 Å². The van der Waals surface area contributed by atoms with E-state index in [1.54, 1.807) is 0 Å². The third-order valence-electron chi connectivity index (χ3n) is 3.10. The molecule has 0 saturated heterocycles. The largest absolute Gasteiger partial charge is 0.265 e. The minimum absolute atomic E-state index is 0.938. The van der Waals surface area contributed by atoms with Gasteiger partial charge in [0.05, 0.1) is 11.4 Å². The predicted octanol–water partition coefficient (Wildman–Crippen LogP) is 4.83. The van der Waals surface area contributed by atoms with E-state index < -0.39 is 0 Å². The van der Waals surface area contributed by atoms with Crippen molar-refractivity contribution in [3.8, 4) is 0 Å². The molecule has 0 bridgehead atoms. The van der Waals surface area contributed by atoms with Gasteiger partial charge >= 0.3 is 0 Å². The van der Waals surface area contributed by atoms with Crippen LogP contribution in [0, 0.1) is 0 Å². The lowest BCUT2D eigenvalue weighted by molar-refractivity contribution is 0.922. The molecule has 4 heteroatoms. The molecule has 2 aromatic rings. The van der Waals surface area contributed by atoms with Gasteiger partial charge in [0.15, 0.2) is 0 Å². The van der Waals surface area contributed by atoms with E-state index in [2.05, 4.69) is 73.3 Å². The van der Waals surface area contributed by atoms with Gasteiger partial charge < -0.3 is 0 Å². The van der Waals surface area contributed by atoms with Crippen molar-refractivity contribution in [2.75, 3.05) is 11.6 Å². The first-order chi connectivity index (χ1) is 9.22. The van der Waals surface area contributed by atoms with E-state index in [1.165, 1.54) is 5.56 Å². The highest BCUT2D eigenvalue weighted by molar-refractivity contribution is 9.10. The van der Waals surface area contributed by atoms with Crippen molar-refractivity contribution in [1.82, 2.24) is 0 Å². The molecule has 2 nitrogen and oxygen atoms in total. The highest BCUT2D eigenvalue weighted by Crippen LogP contribution is 2.24. The molecule has 19 heavy (non-hydrogen) atoms. The fraction of sp³-hybridized carbons (Fsp3) is 0.133. The molecule has 0 N–H and O–H groups in total. The molecule has 0 unspecified atom stereocenters. The molecule has 0 aliphatic carbocycles. The molecule has 0 amide bonds. The summed E-state index contributed by atoms with van der Waals surface area (Å²) in [5, 5.41) is 6.77. The summed E-state index contributed by atoms with van der Waals surface area (Å²) in [7, 11) is 0.